The van der Waals surface area contributed by atoms with Crippen LogP contribution in [0.2, 0.25) is 0 Å². The number of methoxy groups -OCH3 is 1. The highest BCUT2D eigenvalue weighted by Crippen LogP contribution is 2.61. The van der Waals surface area contributed by atoms with Gasteiger partial charge in [-0.05, 0) is 30.9 Å². The van der Waals surface area contributed by atoms with Crippen LogP contribution in [0.25, 0.3) is 0 Å². The number of ether oxygens (including phenoxy) is 2. The largest absolute Gasteiger partial charge is 0.493 e. The molecule has 2 unspecified atom stereocenters. The third-order valence-corrected chi connectivity index (χ3v) is 6.11. The molecule has 2 N–H and O–H groups in total. The van der Waals surface area contributed by atoms with Crippen LogP contribution in [-0.4, -0.2) is 40.9 Å². The molecule has 1 aromatic carbocycles. The maximum Gasteiger partial charge on any atom is 0.177 e. The summed E-state index contributed by atoms with van der Waals surface area (Å²) in [7, 11) is 1.56. The molecule has 4 atom stereocenters. The minimum Gasteiger partial charge on any atom is -0.493 e. The Bertz CT molecular complexity index is 698. The molecule has 138 valence electrons. The van der Waals surface area contributed by atoms with Gasteiger partial charge in [-0.1, -0.05) is 33.3 Å². The van der Waals surface area contributed by atoms with E-state index in [1.807, 2.05) is 39.8 Å². The Balaban J connectivity index is 2.39. The summed E-state index contributed by atoms with van der Waals surface area (Å²) in [5.74, 6) is 0.676. The van der Waals surface area contributed by atoms with Crippen LogP contribution >= 0.6 is 0 Å². The van der Waals surface area contributed by atoms with Crippen LogP contribution in [-0.2, 0) is 10.2 Å². The van der Waals surface area contributed by atoms with Crippen LogP contribution in [0, 0.1) is 12.8 Å². The van der Waals surface area contributed by atoms with Crippen LogP contribution < -0.4 is 9.47 Å². The second-order valence-electron chi connectivity index (χ2n) is 7.67. The number of Topliss-reactive ketones (excluding diaryl/α,β-unsaturated/α-hetero) is 1. The Morgan fingerprint density at radius 2 is 2.08 bits per heavy atom. The summed E-state index contributed by atoms with van der Waals surface area (Å²) < 4.78 is 11.6. The molecule has 1 aromatic rings. The van der Waals surface area contributed by atoms with Crippen LogP contribution in [0.4, 0.5) is 0 Å². The number of benzene rings is 1. The summed E-state index contributed by atoms with van der Waals surface area (Å²) in [6, 6.07) is 3.74. The molecule has 0 spiro atoms. The highest BCUT2D eigenvalue weighted by atomic mass is 16.5. The minimum atomic E-state index is -1.45. The average molecular weight is 348 g/mol. The van der Waals surface area contributed by atoms with Gasteiger partial charge in [0.2, 0.25) is 0 Å². The van der Waals surface area contributed by atoms with E-state index in [9.17, 15) is 15.0 Å². The second-order valence-corrected chi connectivity index (χ2v) is 7.67. The number of aryl methyl sites for hydroxylation is 1. The lowest BCUT2D eigenvalue weighted by molar-refractivity contribution is -0.199. The predicted molar refractivity (Wildman–Crippen MR) is 94.2 cm³/mol. The molecule has 1 aliphatic heterocycles. The quantitative estimate of drug-likeness (QED) is 0.874. The standard InChI is InChI=1S/C20H28O5/c1-6-9-19-16-12(4)7-8-14(24-5)17(16)25-18(19)13(21)10-15(22)20(19,23)11(2)3/h7-8,11,15,18,22-23H,6,9-10H2,1-5H3/t15-,18+,19?,20?/m1/s1. The summed E-state index contributed by atoms with van der Waals surface area (Å²) >= 11 is 0. The summed E-state index contributed by atoms with van der Waals surface area (Å²) in [5, 5.41) is 22.6. The highest BCUT2D eigenvalue weighted by Gasteiger charge is 2.70. The van der Waals surface area contributed by atoms with Gasteiger partial charge >= 0.3 is 0 Å². The molecular weight excluding hydrogens is 320 g/mol. The monoisotopic (exact) mass is 348 g/mol. The van der Waals surface area contributed by atoms with E-state index in [1.165, 1.54) is 0 Å². The van der Waals surface area contributed by atoms with E-state index in [-0.39, 0.29) is 18.1 Å². The Hall–Kier alpha value is -1.59. The number of carbonyl (C=O) groups excluding carboxylic acids is 1. The van der Waals surface area contributed by atoms with E-state index in [4.69, 9.17) is 9.47 Å². The van der Waals surface area contributed by atoms with Gasteiger partial charge in [-0.3, -0.25) is 4.79 Å². The van der Waals surface area contributed by atoms with Crippen molar-refractivity contribution >= 4 is 5.78 Å². The molecule has 1 heterocycles. The van der Waals surface area contributed by atoms with Crippen molar-refractivity contribution in [3.63, 3.8) is 0 Å². The van der Waals surface area contributed by atoms with Gasteiger partial charge in [0.15, 0.2) is 23.4 Å². The normalized spacial score (nSPS) is 33.8. The molecule has 5 heteroatoms. The molecule has 25 heavy (non-hydrogen) atoms. The van der Waals surface area contributed by atoms with Crippen molar-refractivity contribution in [3.8, 4) is 11.5 Å². The topological polar surface area (TPSA) is 76.0 Å². The number of ketones is 1. The zero-order valence-electron chi connectivity index (χ0n) is 15.6. The maximum atomic E-state index is 12.8. The fourth-order valence-corrected chi connectivity index (χ4v) is 5.10. The fraction of sp³-hybridized carbons (Fsp3) is 0.650. The first-order valence-corrected chi connectivity index (χ1v) is 9.03. The van der Waals surface area contributed by atoms with E-state index in [2.05, 4.69) is 0 Å². The average Bonchev–Trinajstić information content (AvgIpc) is 2.91. The van der Waals surface area contributed by atoms with E-state index in [1.54, 1.807) is 7.11 Å². The zero-order chi connectivity index (χ0) is 18.6. The van der Waals surface area contributed by atoms with Crippen molar-refractivity contribution in [2.75, 3.05) is 7.11 Å². The fourth-order valence-electron chi connectivity index (χ4n) is 5.10. The van der Waals surface area contributed by atoms with Crippen LogP contribution in [0.5, 0.6) is 11.5 Å². The van der Waals surface area contributed by atoms with Gasteiger partial charge < -0.3 is 19.7 Å². The smallest absolute Gasteiger partial charge is 0.177 e. The molecule has 0 bridgehead atoms. The van der Waals surface area contributed by atoms with Gasteiger partial charge in [-0.15, -0.1) is 0 Å². The van der Waals surface area contributed by atoms with Crippen molar-refractivity contribution in [1.29, 1.82) is 0 Å². The van der Waals surface area contributed by atoms with Gasteiger partial charge in [0.05, 0.1) is 18.6 Å². The third kappa shape index (κ3) is 2.12. The molecule has 5 nitrogen and oxygen atoms in total. The molecule has 0 amide bonds. The molecule has 0 saturated heterocycles. The summed E-state index contributed by atoms with van der Waals surface area (Å²) in [5.41, 5.74) is -0.683. The maximum absolute atomic E-state index is 12.8. The number of rotatable bonds is 4. The van der Waals surface area contributed by atoms with E-state index < -0.39 is 23.2 Å². The van der Waals surface area contributed by atoms with Crippen molar-refractivity contribution in [2.24, 2.45) is 5.92 Å². The number of carbonyl (C=O) groups is 1. The zero-order valence-corrected chi connectivity index (χ0v) is 15.6. The van der Waals surface area contributed by atoms with Crippen molar-refractivity contribution in [1.82, 2.24) is 0 Å². The van der Waals surface area contributed by atoms with E-state index in [0.29, 0.717) is 17.9 Å². The molecule has 1 saturated carbocycles. The van der Waals surface area contributed by atoms with Crippen molar-refractivity contribution < 1.29 is 24.5 Å². The molecule has 1 fully saturated rings. The van der Waals surface area contributed by atoms with Crippen molar-refractivity contribution in [3.05, 3.63) is 23.3 Å². The van der Waals surface area contributed by atoms with Crippen molar-refractivity contribution in [2.45, 2.75) is 70.2 Å². The lowest BCUT2D eigenvalue weighted by Crippen LogP contribution is -2.71. The third-order valence-electron chi connectivity index (χ3n) is 6.11. The number of aliphatic hydroxyl groups is 2. The molecule has 3 rings (SSSR count). The Morgan fingerprint density at radius 1 is 1.40 bits per heavy atom. The van der Waals surface area contributed by atoms with E-state index >= 15 is 0 Å². The lowest BCUT2D eigenvalue weighted by Gasteiger charge is -2.55. The molecule has 1 aliphatic carbocycles. The van der Waals surface area contributed by atoms with Crippen LogP contribution in [0.1, 0.15) is 51.2 Å². The lowest BCUT2D eigenvalue weighted by atomic mass is 9.52. The SMILES string of the molecule is CCCC12c3c(C)ccc(OC)c3O[C@H]1C(=O)C[C@@H](O)C2(O)C(C)C. The first kappa shape index (κ1) is 18.2. The Kier molecular flexibility index (Phi) is 4.36. The molecule has 0 aromatic heterocycles. The van der Waals surface area contributed by atoms with Gasteiger partial charge in [0, 0.05) is 12.0 Å². The number of hydrogen-bond donors (Lipinski definition) is 2. The first-order chi connectivity index (χ1) is 11.8. The second kappa shape index (κ2) is 5.99. The molecule has 2 aliphatic rings. The minimum absolute atomic E-state index is 0.0971. The predicted octanol–water partition coefficient (Wildman–Crippen LogP) is 2.52. The summed E-state index contributed by atoms with van der Waals surface area (Å²) in [6.07, 6.45) is -0.711. The van der Waals surface area contributed by atoms with Gasteiger partial charge in [-0.2, -0.15) is 0 Å². The highest BCUT2D eigenvalue weighted by molar-refractivity contribution is 5.90. The van der Waals surface area contributed by atoms with E-state index in [0.717, 1.165) is 17.5 Å². The Labute approximate surface area is 149 Å². The molecule has 0 radical (unpaired) electrons. The number of fused-ring (bicyclic) bond motifs is 3. The number of aliphatic hydroxyl groups excluding tert-OH is 1. The van der Waals surface area contributed by atoms with Gasteiger partial charge in [-0.25, -0.2) is 0 Å². The van der Waals surface area contributed by atoms with Crippen LogP contribution in [0.15, 0.2) is 12.1 Å². The Morgan fingerprint density at radius 3 is 2.64 bits per heavy atom. The molecular formula is C20H28O5. The van der Waals surface area contributed by atoms with Crippen LogP contribution in [0.3, 0.4) is 0 Å². The number of hydrogen-bond acceptors (Lipinski definition) is 5. The summed E-state index contributed by atoms with van der Waals surface area (Å²) in [6.45, 7) is 7.75. The summed E-state index contributed by atoms with van der Waals surface area (Å²) in [4.78, 5) is 12.8. The van der Waals surface area contributed by atoms with Gasteiger partial charge in [0.25, 0.3) is 0 Å². The first-order valence-electron chi connectivity index (χ1n) is 9.03. The van der Waals surface area contributed by atoms with Gasteiger partial charge in [0.1, 0.15) is 5.60 Å².